The molecule has 1 atom stereocenters. The van der Waals surface area contributed by atoms with Gasteiger partial charge in [0.1, 0.15) is 6.54 Å². The molecule has 0 aliphatic carbocycles. The molecular formula is C26H31N5O4. The summed E-state index contributed by atoms with van der Waals surface area (Å²) < 4.78 is 0. The van der Waals surface area contributed by atoms with E-state index in [0.29, 0.717) is 45.6 Å². The van der Waals surface area contributed by atoms with E-state index >= 15 is 0 Å². The molecule has 1 aromatic heterocycles. The minimum absolute atomic E-state index is 0.0854. The summed E-state index contributed by atoms with van der Waals surface area (Å²) in [5.74, 6) is -0.965. The summed E-state index contributed by atoms with van der Waals surface area (Å²) in [7, 11) is 0. The van der Waals surface area contributed by atoms with Crippen molar-refractivity contribution >= 4 is 23.6 Å². The maximum atomic E-state index is 13.0. The molecule has 1 unspecified atom stereocenters. The Hall–Kier alpha value is -3.59. The van der Waals surface area contributed by atoms with Crippen LogP contribution in [-0.2, 0) is 25.7 Å². The van der Waals surface area contributed by atoms with E-state index in [1.807, 2.05) is 42.5 Å². The third kappa shape index (κ3) is 6.51. The summed E-state index contributed by atoms with van der Waals surface area (Å²) in [4.78, 5) is 58.9. The summed E-state index contributed by atoms with van der Waals surface area (Å²) >= 11 is 0. The lowest BCUT2D eigenvalue weighted by molar-refractivity contribution is -0.145. The van der Waals surface area contributed by atoms with Crippen LogP contribution in [0.1, 0.15) is 42.9 Å². The van der Waals surface area contributed by atoms with Gasteiger partial charge in [0.05, 0.1) is 0 Å². The van der Waals surface area contributed by atoms with Crippen molar-refractivity contribution in [3.63, 3.8) is 0 Å². The highest BCUT2D eigenvalue weighted by Gasteiger charge is 2.32. The van der Waals surface area contributed by atoms with Crippen LogP contribution in [0.4, 0.5) is 0 Å². The molecule has 0 bridgehead atoms. The first kappa shape index (κ1) is 24.5. The molecule has 0 spiro atoms. The van der Waals surface area contributed by atoms with Crippen LogP contribution in [-0.4, -0.2) is 76.0 Å². The Labute approximate surface area is 205 Å². The number of imide groups is 1. The molecule has 3 heterocycles. The summed E-state index contributed by atoms with van der Waals surface area (Å²) in [6.07, 6.45) is 4.83. The van der Waals surface area contributed by atoms with Gasteiger partial charge in [0, 0.05) is 70.4 Å². The van der Waals surface area contributed by atoms with Crippen LogP contribution in [0.5, 0.6) is 0 Å². The molecule has 2 aromatic rings. The van der Waals surface area contributed by atoms with Crippen molar-refractivity contribution in [3.05, 3.63) is 66.0 Å². The highest BCUT2D eigenvalue weighted by atomic mass is 16.2. The van der Waals surface area contributed by atoms with E-state index in [-0.39, 0.29) is 49.1 Å². The van der Waals surface area contributed by atoms with Gasteiger partial charge in [-0.15, -0.1) is 0 Å². The van der Waals surface area contributed by atoms with Gasteiger partial charge in [-0.1, -0.05) is 30.3 Å². The zero-order valence-corrected chi connectivity index (χ0v) is 19.8. The molecule has 1 N–H and O–H groups in total. The van der Waals surface area contributed by atoms with Crippen molar-refractivity contribution < 1.29 is 19.2 Å². The highest BCUT2D eigenvalue weighted by Crippen LogP contribution is 2.27. The predicted molar refractivity (Wildman–Crippen MR) is 129 cm³/mol. The molecule has 0 radical (unpaired) electrons. The fraction of sp³-hybridized carbons (Fsp3) is 0.423. The summed E-state index contributed by atoms with van der Waals surface area (Å²) in [6, 6.07) is 13.8. The number of likely N-dealkylation sites (tertiary alicyclic amines) is 1. The van der Waals surface area contributed by atoms with Crippen molar-refractivity contribution in [3.8, 4) is 0 Å². The van der Waals surface area contributed by atoms with Crippen molar-refractivity contribution in [2.75, 3.05) is 32.7 Å². The van der Waals surface area contributed by atoms with E-state index in [4.69, 9.17) is 0 Å². The molecule has 2 aliphatic rings. The number of carbonyl (C=O) groups excluding carboxylic acids is 4. The molecule has 9 nitrogen and oxygen atoms in total. The Kier molecular flexibility index (Phi) is 8.20. The Bertz CT molecular complexity index is 1030. The summed E-state index contributed by atoms with van der Waals surface area (Å²) in [5, 5.41) is 2.94. The second-order valence-corrected chi connectivity index (χ2v) is 8.91. The van der Waals surface area contributed by atoms with E-state index < -0.39 is 0 Å². The molecule has 2 aliphatic heterocycles. The van der Waals surface area contributed by atoms with Crippen molar-refractivity contribution in [1.82, 2.24) is 25.0 Å². The van der Waals surface area contributed by atoms with Gasteiger partial charge in [-0.25, -0.2) is 0 Å². The van der Waals surface area contributed by atoms with Gasteiger partial charge in [-0.3, -0.25) is 34.0 Å². The first-order valence-electron chi connectivity index (χ1n) is 12.1. The third-order valence-corrected chi connectivity index (χ3v) is 6.52. The number of pyridine rings is 1. The monoisotopic (exact) mass is 477 g/mol. The molecule has 4 rings (SSSR count). The number of carbonyl (C=O) groups is 4. The third-order valence-electron chi connectivity index (χ3n) is 6.52. The number of aromatic nitrogens is 1. The quantitative estimate of drug-likeness (QED) is 0.655. The SMILES string of the molecule is O=C1CC(c2ccccc2)N(Cc2ccncc2)CCCN(C(=O)CN2C(=O)CCC2=O)CCN1. The van der Waals surface area contributed by atoms with Crippen LogP contribution in [0.25, 0.3) is 0 Å². The minimum Gasteiger partial charge on any atom is -0.354 e. The Morgan fingerprint density at radius 1 is 0.943 bits per heavy atom. The van der Waals surface area contributed by atoms with Crippen molar-refractivity contribution in [2.24, 2.45) is 0 Å². The predicted octanol–water partition coefficient (Wildman–Crippen LogP) is 1.51. The van der Waals surface area contributed by atoms with Crippen LogP contribution in [0.3, 0.4) is 0 Å². The first-order valence-corrected chi connectivity index (χ1v) is 12.1. The lowest BCUT2D eigenvalue weighted by atomic mass is 10.00. The highest BCUT2D eigenvalue weighted by molar-refractivity contribution is 6.04. The molecule has 1 aromatic carbocycles. The second kappa shape index (κ2) is 11.7. The molecule has 9 heteroatoms. The van der Waals surface area contributed by atoms with Gasteiger partial charge in [0.25, 0.3) is 0 Å². The van der Waals surface area contributed by atoms with Crippen LogP contribution in [0.2, 0.25) is 0 Å². The minimum atomic E-state index is -0.302. The molecule has 184 valence electrons. The first-order chi connectivity index (χ1) is 17.0. The maximum absolute atomic E-state index is 13.0. The van der Waals surface area contributed by atoms with Crippen molar-refractivity contribution in [1.29, 1.82) is 0 Å². The van der Waals surface area contributed by atoms with E-state index in [9.17, 15) is 19.2 Å². The fourth-order valence-electron chi connectivity index (χ4n) is 4.64. The molecule has 0 saturated carbocycles. The number of benzene rings is 1. The van der Waals surface area contributed by atoms with Gasteiger partial charge >= 0.3 is 0 Å². The van der Waals surface area contributed by atoms with E-state index in [0.717, 1.165) is 16.0 Å². The summed E-state index contributed by atoms with van der Waals surface area (Å²) in [5.41, 5.74) is 2.16. The van der Waals surface area contributed by atoms with Crippen LogP contribution in [0.15, 0.2) is 54.9 Å². The van der Waals surface area contributed by atoms with Gasteiger partial charge in [0.2, 0.25) is 23.6 Å². The standard InChI is InChI=1S/C26H31N5O4/c32-23-17-22(21-5-2-1-3-6-21)30(18-20-9-11-27-12-10-20)15-4-14-29(16-13-28-23)26(35)19-31-24(33)7-8-25(31)34/h1-3,5-6,9-12,22H,4,7-8,13-19H2,(H,28,32). The number of amides is 4. The molecule has 4 amide bonds. The average Bonchev–Trinajstić information content (AvgIpc) is 3.17. The number of nitrogens with one attached hydrogen (secondary N) is 1. The van der Waals surface area contributed by atoms with Crippen LogP contribution < -0.4 is 5.32 Å². The van der Waals surface area contributed by atoms with Crippen LogP contribution >= 0.6 is 0 Å². The number of nitrogens with zero attached hydrogens (tertiary/aromatic N) is 4. The number of rotatable bonds is 5. The smallest absolute Gasteiger partial charge is 0.242 e. The zero-order valence-electron chi connectivity index (χ0n) is 19.8. The zero-order chi connectivity index (χ0) is 24.6. The Morgan fingerprint density at radius 2 is 1.66 bits per heavy atom. The Balaban J connectivity index is 1.52. The largest absolute Gasteiger partial charge is 0.354 e. The lowest BCUT2D eigenvalue weighted by Crippen LogP contribution is -2.45. The molecule has 2 fully saturated rings. The van der Waals surface area contributed by atoms with Crippen molar-refractivity contribution in [2.45, 2.75) is 38.3 Å². The van der Waals surface area contributed by atoms with Gasteiger partial charge in [0.15, 0.2) is 0 Å². The molecule has 35 heavy (non-hydrogen) atoms. The van der Waals surface area contributed by atoms with Gasteiger partial charge in [-0.2, -0.15) is 0 Å². The van der Waals surface area contributed by atoms with E-state index in [2.05, 4.69) is 15.2 Å². The van der Waals surface area contributed by atoms with Crippen LogP contribution in [0, 0.1) is 0 Å². The second-order valence-electron chi connectivity index (χ2n) is 8.91. The van der Waals surface area contributed by atoms with E-state index in [1.165, 1.54) is 0 Å². The molecule has 2 saturated heterocycles. The number of hydrogen-bond acceptors (Lipinski definition) is 6. The fourth-order valence-corrected chi connectivity index (χ4v) is 4.64. The van der Waals surface area contributed by atoms with E-state index in [1.54, 1.807) is 17.3 Å². The average molecular weight is 478 g/mol. The normalized spacial score (nSPS) is 20.5. The topological polar surface area (TPSA) is 103 Å². The number of hydrogen-bond donors (Lipinski definition) is 1. The maximum Gasteiger partial charge on any atom is 0.242 e. The lowest BCUT2D eigenvalue weighted by Gasteiger charge is -2.32. The summed E-state index contributed by atoms with van der Waals surface area (Å²) in [6.45, 7) is 2.19. The Morgan fingerprint density at radius 3 is 2.37 bits per heavy atom. The molecular weight excluding hydrogens is 446 g/mol. The van der Waals surface area contributed by atoms with Gasteiger partial charge in [-0.05, 0) is 29.7 Å². The van der Waals surface area contributed by atoms with Gasteiger partial charge < -0.3 is 10.2 Å².